The number of benzene rings is 3. The summed E-state index contributed by atoms with van der Waals surface area (Å²) in [6.45, 7) is 2.59. The molecule has 0 spiro atoms. The highest BCUT2D eigenvalue weighted by Crippen LogP contribution is 2.30. The second-order valence-electron chi connectivity index (χ2n) is 7.25. The molecule has 0 saturated carbocycles. The Morgan fingerprint density at radius 2 is 1.58 bits per heavy atom. The molecule has 0 aliphatic carbocycles. The van der Waals surface area contributed by atoms with E-state index < -0.39 is 0 Å². The van der Waals surface area contributed by atoms with Crippen LogP contribution in [0.1, 0.15) is 33.0 Å². The zero-order valence-electron chi connectivity index (χ0n) is 17.1. The minimum atomic E-state index is 0. The van der Waals surface area contributed by atoms with Crippen molar-refractivity contribution in [2.24, 2.45) is 0 Å². The molecule has 0 aliphatic heterocycles. The number of H-pyrrole nitrogens is 1. The largest absolute Gasteiger partial charge is 0.488 e. The fraction of sp³-hybridized carbons (Fsp3) is 0.185. The summed E-state index contributed by atoms with van der Waals surface area (Å²) in [5.74, 6) is 1.45. The Kier molecular flexibility index (Phi) is 7.51. The summed E-state index contributed by atoms with van der Waals surface area (Å²) >= 11 is 0. The SMILES string of the molecule is C.C.CCc1cc(OCc2ccc(-c3ccccc3-c3nn[nH]n3)cc2)c2ccccc2n1. The molecule has 5 aromatic rings. The lowest BCUT2D eigenvalue weighted by Crippen LogP contribution is -1.98. The average Bonchev–Trinajstić information content (AvgIpc) is 3.37. The van der Waals surface area contributed by atoms with Crippen molar-refractivity contribution in [3.63, 3.8) is 0 Å². The van der Waals surface area contributed by atoms with Crippen molar-refractivity contribution in [3.8, 4) is 28.3 Å². The minimum Gasteiger partial charge on any atom is -0.488 e. The van der Waals surface area contributed by atoms with E-state index >= 15 is 0 Å². The van der Waals surface area contributed by atoms with E-state index in [9.17, 15) is 0 Å². The maximum atomic E-state index is 6.20. The van der Waals surface area contributed by atoms with Gasteiger partial charge in [0.2, 0.25) is 5.82 Å². The molecule has 33 heavy (non-hydrogen) atoms. The van der Waals surface area contributed by atoms with Crippen LogP contribution in [0.2, 0.25) is 0 Å². The Hall–Kier alpha value is -4.06. The smallest absolute Gasteiger partial charge is 0.205 e. The van der Waals surface area contributed by atoms with Gasteiger partial charge in [-0.2, -0.15) is 5.21 Å². The molecular formula is C27H29N5O. The molecule has 3 aromatic carbocycles. The van der Waals surface area contributed by atoms with Crippen molar-refractivity contribution in [1.82, 2.24) is 25.6 Å². The second kappa shape index (κ2) is 10.5. The first kappa shape index (κ1) is 23.6. The molecule has 1 N–H and O–H groups in total. The van der Waals surface area contributed by atoms with Crippen LogP contribution in [0.25, 0.3) is 33.4 Å². The summed E-state index contributed by atoms with van der Waals surface area (Å²) < 4.78 is 6.20. The van der Waals surface area contributed by atoms with Crippen molar-refractivity contribution >= 4 is 10.9 Å². The lowest BCUT2D eigenvalue weighted by Gasteiger charge is -2.12. The van der Waals surface area contributed by atoms with E-state index in [1.165, 1.54) is 0 Å². The Bertz CT molecular complexity index is 1310. The molecule has 0 unspecified atom stereocenters. The summed E-state index contributed by atoms with van der Waals surface area (Å²) in [5, 5.41) is 15.5. The quantitative estimate of drug-likeness (QED) is 0.327. The number of nitrogens with zero attached hydrogens (tertiary/aromatic N) is 4. The number of aromatic nitrogens is 5. The van der Waals surface area contributed by atoms with E-state index in [0.717, 1.165) is 51.0 Å². The highest BCUT2D eigenvalue weighted by atomic mass is 16.5. The third-order valence-corrected chi connectivity index (χ3v) is 5.27. The maximum absolute atomic E-state index is 6.20. The number of para-hydroxylation sites is 1. The molecule has 5 rings (SSSR count). The van der Waals surface area contributed by atoms with Crippen LogP contribution in [0.3, 0.4) is 0 Å². The monoisotopic (exact) mass is 439 g/mol. The van der Waals surface area contributed by atoms with Gasteiger partial charge in [0.1, 0.15) is 12.4 Å². The third-order valence-electron chi connectivity index (χ3n) is 5.27. The predicted octanol–water partition coefficient (Wildman–Crippen LogP) is 6.50. The lowest BCUT2D eigenvalue weighted by molar-refractivity contribution is 0.309. The third kappa shape index (κ3) is 4.90. The number of tetrazole rings is 1. The van der Waals surface area contributed by atoms with E-state index in [1.807, 2.05) is 42.5 Å². The molecule has 0 aliphatic rings. The van der Waals surface area contributed by atoms with Gasteiger partial charge in [0.15, 0.2) is 0 Å². The summed E-state index contributed by atoms with van der Waals surface area (Å²) in [5.41, 5.74) is 6.18. The van der Waals surface area contributed by atoms with E-state index in [4.69, 9.17) is 4.74 Å². The van der Waals surface area contributed by atoms with E-state index in [2.05, 4.69) is 68.9 Å². The molecule has 0 atom stereocenters. The van der Waals surface area contributed by atoms with Gasteiger partial charge >= 0.3 is 0 Å². The number of fused-ring (bicyclic) bond motifs is 1. The van der Waals surface area contributed by atoms with Crippen LogP contribution >= 0.6 is 0 Å². The molecule has 2 aromatic heterocycles. The van der Waals surface area contributed by atoms with Gasteiger partial charge < -0.3 is 4.74 Å². The van der Waals surface area contributed by atoms with Gasteiger partial charge in [0.05, 0.1) is 5.52 Å². The van der Waals surface area contributed by atoms with Gasteiger partial charge in [-0.3, -0.25) is 4.98 Å². The van der Waals surface area contributed by atoms with Crippen molar-refractivity contribution in [2.45, 2.75) is 34.8 Å². The number of aromatic amines is 1. The van der Waals surface area contributed by atoms with Crippen molar-refractivity contribution in [3.05, 3.63) is 90.1 Å². The van der Waals surface area contributed by atoms with Crippen molar-refractivity contribution < 1.29 is 4.74 Å². The fourth-order valence-electron chi connectivity index (χ4n) is 3.64. The number of hydrogen-bond acceptors (Lipinski definition) is 5. The molecule has 6 nitrogen and oxygen atoms in total. The van der Waals surface area contributed by atoms with Crippen LogP contribution < -0.4 is 4.74 Å². The lowest BCUT2D eigenvalue weighted by atomic mass is 9.98. The molecule has 0 saturated heterocycles. The average molecular weight is 440 g/mol. The van der Waals surface area contributed by atoms with Gasteiger partial charge in [0.25, 0.3) is 0 Å². The maximum Gasteiger partial charge on any atom is 0.205 e. The Morgan fingerprint density at radius 3 is 2.30 bits per heavy atom. The fourth-order valence-corrected chi connectivity index (χ4v) is 3.64. The summed E-state index contributed by atoms with van der Waals surface area (Å²) in [4.78, 5) is 4.69. The zero-order valence-corrected chi connectivity index (χ0v) is 17.1. The molecule has 168 valence electrons. The minimum absolute atomic E-state index is 0. The Morgan fingerprint density at radius 1 is 0.848 bits per heavy atom. The highest BCUT2D eigenvalue weighted by molar-refractivity contribution is 5.85. The first-order chi connectivity index (χ1) is 15.3. The summed E-state index contributed by atoms with van der Waals surface area (Å²) in [6.07, 6.45) is 0.871. The van der Waals surface area contributed by atoms with Crippen molar-refractivity contribution in [2.75, 3.05) is 0 Å². The molecule has 0 radical (unpaired) electrons. The molecule has 0 amide bonds. The van der Waals surface area contributed by atoms with Gasteiger partial charge in [-0.1, -0.05) is 82.4 Å². The van der Waals surface area contributed by atoms with E-state index in [1.54, 1.807) is 0 Å². The number of hydrogen-bond donors (Lipinski definition) is 1. The normalized spacial score (nSPS) is 10.3. The summed E-state index contributed by atoms with van der Waals surface area (Å²) in [6, 6.07) is 26.5. The topological polar surface area (TPSA) is 76.6 Å². The molecule has 0 bridgehead atoms. The van der Waals surface area contributed by atoms with Gasteiger partial charge in [-0.25, -0.2) is 0 Å². The van der Waals surface area contributed by atoms with Gasteiger partial charge in [-0.05, 0) is 40.5 Å². The number of aryl methyl sites for hydroxylation is 1. The van der Waals surface area contributed by atoms with Gasteiger partial charge in [-0.15, -0.1) is 10.2 Å². The number of nitrogens with one attached hydrogen (secondary N) is 1. The van der Waals surface area contributed by atoms with E-state index in [0.29, 0.717) is 12.4 Å². The summed E-state index contributed by atoms with van der Waals surface area (Å²) in [7, 11) is 0. The van der Waals surface area contributed by atoms with Gasteiger partial charge in [0, 0.05) is 22.7 Å². The molecule has 2 heterocycles. The van der Waals surface area contributed by atoms with Crippen LogP contribution in [0.15, 0.2) is 78.9 Å². The van der Waals surface area contributed by atoms with Crippen LogP contribution in [0, 0.1) is 0 Å². The Balaban J connectivity index is 0.00000153. The molecular weight excluding hydrogens is 410 g/mol. The first-order valence-corrected chi connectivity index (χ1v) is 10.3. The van der Waals surface area contributed by atoms with Crippen LogP contribution in [-0.2, 0) is 13.0 Å². The highest BCUT2D eigenvalue weighted by Gasteiger charge is 2.11. The predicted molar refractivity (Wildman–Crippen MR) is 134 cm³/mol. The molecule has 6 heteroatoms. The van der Waals surface area contributed by atoms with Crippen LogP contribution in [-0.4, -0.2) is 25.6 Å². The number of rotatable bonds is 6. The zero-order chi connectivity index (χ0) is 21.0. The number of ether oxygens (including phenoxy) is 1. The molecule has 0 fully saturated rings. The standard InChI is InChI=1S/C25H21N5O.2CH4/c1-2-19-15-24(22-9-5-6-10-23(22)26-19)31-16-17-11-13-18(14-12-17)20-7-3-4-8-21(20)25-27-29-30-28-25;;/h3-15H,2,16H2,1H3,(H,27,28,29,30);2*1H4. The van der Waals surface area contributed by atoms with Crippen molar-refractivity contribution in [1.29, 1.82) is 0 Å². The van der Waals surface area contributed by atoms with E-state index in [-0.39, 0.29) is 14.9 Å². The first-order valence-electron chi connectivity index (χ1n) is 10.3. The second-order valence-corrected chi connectivity index (χ2v) is 7.25. The number of pyridine rings is 1. The van der Waals surface area contributed by atoms with Crippen LogP contribution in [0.5, 0.6) is 5.75 Å². The Labute approximate surface area is 194 Å². The van der Waals surface area contributed by atoms with Crippen LogP contribution in [0.4, 0.5) is 0 Å².